The van der Waals surface area contributed by atoms with Crippen molar-refractivity contribution in [1.29, 1.82) is 0 Å². The molecule has 1 saturated heterocycles. The molecular formula is C25H36N2O8. The molecule has 194 valence electrons. The molecule has 10 heteroatoms. The van der Waals surface area contributed by atoms with Gasteiger partial charge in [-0.05, 0) is 76.6 Å². The first-order chi connectivity index (χ1) is 16.4. The Labute approximate surface area is 206 Å². The fourth-order valence-corrected chi connectivity index (χ4v) is 3.72. The summed E-state index contributed by atoms with van der Waals surface area (Å²) >= 11 is 0. The number of rotatable bonds is 8. The van der Waals surface area contributed by atoms with Gasteiger partial charge in [0.15, 0.2) is 5.78 Å². The zero-order valence-corrected chi connectivity index (χ0v) is 21.4. The topological polar surface area (TPSA) is 120 Å². The molecule has 1 N–H and O–H groups in total. The van der Waals surface area contributed by atoms with Gasteiger partial charge in [0, 0.05) is 25.1 Å². The van der Waals surface area contributed by atoms with E-state index >= 15 is 0 Å². The van der Waals surface area contributed by atoms with Crippen LogP contribution in [-0.4, -0.2) is 68.0 Å². The van der Waals surface area contributed by atoms with Gasteiger partial charge in [0.1, 0.15) is 17.9 Å². The Morgan fingerprint density at radius 3 is 2.49 bits per heavy atom. The summed E-state index contributed by atoms with van der Waals surface area (Å²) in [4.78, 5) is 50.0. The third-order valence-electron chi connectivity index (χ3n) is 5.59. The number of hydrogen-bond acceptors (Lipinski definition) is 8. The number of alkyl carbamates (subject to hydrolysis) is 1. The number of methoxy groups -OCH3 is 1. The van der Waals surface area contributed by atoms with Crippen molar-refractivity contribution in [3.8, 4) is 5.75 Å². The second kappa shape index (κ2) is 12.4. The number of ketones is 1. The van der Waals surface area contributed by atoms with E-state index in [1.807, 2.05) is 19.9 Å². The van der Waals surface area contributed by atoms with Crippen LogP contribution in [0.15, 0.2) is 12.1 Å². The molecule has 2 rings (SSSR count). The lowest BCUT2D eigenvalue weighted by Gasteiger charge is -2.31. The number of ether oxygens (including phenoxy) is 4. The molecule has 0 aliphatic carbocycles. The van der Waals surface area contributed by atoms with Gasteiger partial charge in [-0.3, -0.25) is 9.59 Å². The van der Waals surface area contributed by atoms with Crippen LogP contribution in [0.5, 0.6) is 5.75 Å². The van der Waals surface area contributed by atoms with Crippen LogP contribution in [0.25, 0.3) is 0 Å². The van der Waals surface area contributed by atoms with E-state index in [-0.39, 0.29) is 11.7 Å². The summed E-state index contributed by atoms with van der Waals surface area (Å²) in [5.41, 5.74) is 1.89. The van der Waals surface area contributed by atoms with Gasteiger partial charge in [-0.2, -0.15) is 0 Å². The molecule has 0 radical (unpaired) electrons. The number of likely N-dealkylation sites (tertiary alicyclic amines) is 1. The monoisotopic (exact) mass is 492 g/mol. The predicted octanol–water partition coefficient (Wildman–Crippen LogP) is 3.76. The molecule has 35 heavy (non-hydrogen) atoms. The number of benzene rings is 1. The van der Waals surface area contributed by atoms with Crippen LogP contribution in [0.2, 0.25) is 0 Å². The van der Waals surface area contributed by atoms with Gasteiger partial charge >= 0.3 is 18.2 Å². The van der Waals surface area contributed by atoms with Gasteiger partial charge < -0.3 is 29.2 Å². The average molecular weight is 493 g/mol. The highest BCUT2D eigenvalue weighted by Gasteiger charge is 2.27. The second-order valence-electron chi connectivity index (χ2n) is 9.60. The molecule has 1 aliphatic heterocycles. The number of Topliss-reactive ketones (excluding diaryl/α,β-unsaturated/α-hetero) is 1. The predicted molar refractivity (Wildman–Crippen MR) is 127 cm³/mol. The maximum absolute atomic E-state index is 12.9. The third kappa shape index (κ3) is 9.11. The SMILES string of the molecule is COc1cc(C(=O)CC2CCCN(C(=O)OCOC(=O)CNC(=O)OC(C)(C)C)C2)cc(C)c1C. The lowest BCUT2D eigenvalue weighted by Crippen LogP contribution is -2.41. The first kappa shape index (κ1) is 27.9. The molecule has 2 amide bonds. The molecule has 0 spiro atoms. The number of hydrogen-bond donors (Lipinski definition) is 1. The van der Waals surface area contributed by atoms with Crippen molar-refractivity contribution in [3.05, 3.63) is 28.8 Å². The smallest absolute Gasteiger partial charge is 0.412 e. The summed E-state index contributed by atoms with van der Waals surface area (Å²) in [6.07, 6.45) is 0.495. The van der Waals surface area contributed by atoms with Gasteiger partial charge in [-0.1, -0.05) is 0 Å². The highest BCUT2D eigenvalue weighted by atomic mass is 16.7. The van der Waals surface area contributed by atoms with Gasteiger partial charge in [-0.15, -0.1) is 0 Å². The molecule has 1 unspecified atom stereocenters. The van der Waals surface area contributed by atoms with Gasteiger partial charge in [0.25, 0.3) is 0 Å². The Morgan fingerprint density at radius 2 is 1.83 bits per heavy atom. The molecule has 1 aromatic carbocycles. The van der Waals surface area contributed by atoms with Crippen LogP contribution in [0, 0.1) is 19.8 Å². The molecular weight excluding hydrogens is 456 g/mol. The lowest BCUT2D eigenvalue weighted by molar-refractivity contribution is -0.151. The summed E-state index contributed by atoms with van der Waals surface area (Å²) in [7, 11) is 1.58. The molecule has 1 atom stereocenters. The Balaban J connectivity index is 1.77. The number of aryl methyl sites for hydroxylation is 1. The normalized spacial score (nSPS) is 15.7. The van der Waals surface area contributed by atoms with Gasteiger partial charge in [-0.25, -0.2) is 9.59 Å². The fraction of sp³-hybridized carbons (Fsp3) is 0.600. The van der Waals surface area contributed by atoms with Crippen molar-refractivity contribution in [2.24, 2.45) is 5.92 Å². The highest BCUT2D eigenvalue weighted by Crippen LogP contribution is 2.27. The van der Waals surface area contributed by atoms with E-state index in [4.69, 9.17) is 18.9 Å². The summed E-state index contributed by atoms with van der Waals surface area (Å²) in [6.45, 7) is 8.87. The Hall–Kier alpha value is -3.30. The molecule has 0 bridgehead atoms. The molecule has 0 saturated carbocycles. The maximum Gasteiger partial charge on any atom is 0.412 e. The van der Waals surface area contributed by atoms with Crippen LogP contribution in [0.1, 0.15) is 61.5 Å². The Kier molecular flexibility index (Phi) is 9.91. The number of amides is 2. The zero-order valence-electron chi connectivity index (χ0n) is 21.4. The standard InChI is InChI=1S/C25H36N2O8/c1-16-10-19(12-21(32-6)17(16)2)20(28)11-18-8-7-9-27(14-18)24(31)34-15-33-22(29)13-26-23(30)35-25(3,4)5/h10,12,18H,7-9,11,13-15H2,1-6H3,(H,26,30). The van der Waals surface area contributed by atoms with Gasteiger partial charge in [0.05, 0.1) is 7.11 Å². The number of carbonyl (C=O) groups is 4. The van der Waals surface area contributed by atoms with E-state index in [0.29, 0.717) is 30.8 Å². The van der Waals surface area contributed by atoms with Crippen LogP contribution < -0.4 is 10.1 Å². The first-order valence-electron chi connectivity index (χ1n) is 11.6. The number of piperidine rings is 1. The number of nitrogens with zero attached hydrogens (tertiary/aromatic N) is 1. The molecule has 1 heterocycles. The molecule has 1 aliphatic rings. The first-order valence-corrected chi connectivity index (χ1v) is 11.6. The quantitative estimate of drug-likeness (QED) is 0.331. The summed E-state index contributed by atoms with van der Waals surface area (Å²) in [6, 6.07) is 3.62. The Morgan fingerprint density at radius 1 is 1.11 bits per heavy atom. The van der Waals surface area contributed by atoms with Crippen molar-refractivity contribution < 1.29 is 38.1 Å². The van der Waals surface area contributed by atoms with Crippen molar-refractivity contribution in [2.75, 3.05) is 33.5 Å². The molecule has 1 fully saturated rings. The van der Waals surface area contributed by atoms with E-state index in [2.05, 4.69) is 5.32 Å². The minimum atomic E-state index is -0.769. The Bertz CT molecular complexity index is 938. The summed E-state index contributed by atoms with van der Waals surface area (Å²) in [5, 5.41) is 2.27. The van der Waals surface area contributed by atoms with E-state index in [1.54, 1.807) is 33.9 Å². The highest BCUT2D eigenvalue weighted by molar-refractivity contribution is 5.97. The van der Waals surface area contributed by atoms with Crippen molar-refractivity contribution >= 4 is 23.9 Å². The number of nitrogens with one attached hydrogen (secondary N) is 1. The van der Waals surface area contributed by atoms with Crippen molar-refractivity contribution in [1.82, 2.24) is 10.2 Å². The molecule has 1 aromatic rings. The fourth-order valence-electron chi connectivity index (χ4n) is 3.72. The number of carbonyl (C=O) groups excluding carboxylic acids is 4. The second-order valence-corrected chi connectivity index (χ2v) is 9.60. The van der Waals surface area contributed by atoms with Crippen LogP contribution in [0.4, 0.5) is 9.59 Å². The minimum Gasteiger partial charge on any atom is -0.496 e. The van der Waals surface area contributed by atoms with E-state index in [1.165, 1.54) is 4.90 Å². The molecule has 0 aromatic heterocycles. The van der Waals surface area contributed by atoms with E-state index < -0.39 is 37.1 Å². The summed E-state index contributed by atoms with van der Waals surface area (Å²) in [5.74, 6) is -0.0948. The third-order valence-corrected chi connectivity index (χ3v) is 5.59. The lowest BCUT2D eigenvalue weighted by atomic mass is 9.90. The van der Waals surface area contributed by atoms with E-state index in [0.717, 1.165) is 24.0 Å². The van der Waals surface area contributed by atoms with E-state index in [9.17, 15) is 19.2 Å². The molecule has 10 nitrogen and oxygen atoms in total. The van der Waals surface area contributed by atoms with Crippen LogP contribution >= 0.6 is 0 Å². The minimum absolute atomic E-state index is 0.00182. The van der Waals surface area contributed by atoms with Gasteiger partial charge in [0.2, 0.25) is 6.79 Å². The maximum atomic E-state index is 12.9. The van der Waals surface area contributed by atoms with Crippen LogP contribution in [0.3, 0.4) is 0 Å². The van der Waals surface area contributed by atoms with Crippen LogP contribution in [-0.2, 0) is 19.0 Å². The largest absolute Gasteiger partial charge is 0.496 e. The summed E-state index contributed by atoms with van der Waals surface area (Å²) < 4.78 is 20.3. The number of esters is 1. The average Bonchev–Trinajstić information content (AvgIpc) is 2.78. The zero-order chi connectivity index (χ0) is 26.2. The van der Waals surface area contributed by atoms with Crippen molar-refractivity contribution in [2.45, 2.75) is 59.5 Å². The van der Waals surface area contributed by atoms with Crippen molar-refractivity contribution in [3.63, 3.8) is 0 Å².